The third kappa shape index (κ3) is 9.96. The lowest BCUT2D eigenvalue weighted by molar-refractivity contribution is 0.0640. The summed E-state index contributed by atoms with van der Waals surface area (Å²) in [4.78, 5) is 2.29. The Labute approximate surface area is 88.8 Å². The number of hydrogen-bond acceptors (Lipinski definition) is 3. The molecule has 0 spiro atoms. The molecule has 0 heterocycles. The number of hydrogen-bond donors (Lipinski definition) is 1. The zero-order valence-electron chi connectivity index (χ0n) is 10.3. The molecule has 0 aromatic carbocycles. The van der Waals surface area contributed by atoms with E-state index in [1.54, 1.807) is 0 Å². The van der Waals surface area contributed by atoms with Gasteiger partial charge in [-0.05, 0) is 20.9 Å². The van der Waals surface area contributed by atoms with E-state index in [0.717, 1.165) is 26.2 Å². The third-order valence-electron chi connectivity index (χ3n) is 1.97. The van der Waals surface area contributed by atoms with E-state index in [-0.39, 0.29) is 0 Å². The molecule has 0 atom stereocenters. The van der Waals surface area contributed by atoms with Crippen LogP contribution in [0.1, 0.15) is 27.7 Å². The van der Waals surface area contributed by atoms with Crippen LogP contribution in [0, 0.1) is 0 Å². The molecule has 0 aliphatic heterocycles. The first-order valence-corrected chi connectivity index (χ1v) is 5.56. The Balaban J connectivity index is 3.23. The second-order valence-corrected chi connectivity index (χ2v) is 4.33. The van der Waals surface area contributed by atoms with Crippen molar-refractivity contribution in [3.63, 3.8) is 0 Å². The molecule has 0 aromatic rings. The van der Waals surface area contributed by atoms with Gasteiger partial charge in [0.05, 0.1) is 12.7 Å². The SMILES string of the molecule is CC(C)NCCN(C)CCOC(C)C. The Hall–Kier alpha value is -0.120. The van der Waals surface area contributed by atoms with Gasteiger partial charge in [0.1, 0.15) is 0 Å². The fourth-order valence-electron chi connectivity index (χ4n) is 1.10. The zero-order chi connectivity index (χ0) is 11.0. The Morgan fingerprint density at radius 2 is 1.79 bits per heavy atom. The first kappa shape index (κ1) is 13.9. The Morgan fingerprint density at radius 3 is 2.29 bits per heavy atom. The van der Waals surface area contributed by atoms with Crippen molar-refractivity contribution in [1.29, 1.82) is 0 Å². The summed E-state index contributed by atoms with van der Waals surface area (Å²) in [6.45, 7) is 12.5. The van der Waals surface area contributed by atoms with E-state index < -0.39 is 0 Å². The van der Waals surface area contributed by atoms with Gasteiger partial charge in [-0.1, -0.05) is 13.8 Å². The molecular weight excluding hydrogens is 176 g/mol. The molecule has 0 rings (SSSR count). The quantitative estimate of drug-likeness (QED) is 0.643. The highest BCUT2D eigenvalue weighted by atomic mass is 16.5. The molecule has 0 aliphatic rings. The van der Waals surface area contributed by atoms with Crippen LogP contribution in [-0.4, -0.2) is 50.3 Å². The van der Waals surface area contributed by atoms with Crippen LogP contribution in [0.15, 0.2) is 0 Å². The highest BCUT2D eigenvalue weighted by molar-refractivity contribution is 4.57. The first-order chi connectivity index (χ1) is 6.52. The van der Waals surface area contributed by atoms with Gasteiger partial charge in [-0.25, -0.2) is 0 Å². The van der Waals surface area contributed by atoms with Gasteiger partial charge in [0.15, 0.2) is 0 Å². The fraction of sp³-hybridized carbons (Fsp3) is 1.00. The van der Waals surface area contributed by atoms with E-state index in [9.17, 15) is 0 Å². The normalized spacial score (nSPS) is 12.0. The molecule has 0 saturated carbocycles. The van der Waals surface area contributed by atoms with Gasteiger partial charge < -0.3 is 15.0 Å². The Bertz CT molecular complexity index is 112. The summed E-state index contributed by atoms with van der Waals surface area (Å²) in [5.41, 5.74) is 0. The molecule has 86 valence electrons. The summed E-state index contributed by atoms with van der Waals surface area (Å²) in [5.74, 6) is 0. The van der Waals surface area contributed by atoms with Gasteiger partial charge >= 0.3 is 0 Å². The van der Waals surface area contributed by atoms with Crippen molar-refractivity contribution in [2.75, 3.05) is 33.3 Å². The van der Waals surface area contributed by atoms with Crippen molar-refractivity contribution in [3.8, 4) is 0 Å². The molecule has 3 heteroatoms. The van der Waals surface area contributed by atoms with Gasteiger partial charge in [-0.2, -0.15) is 0 Å². The number of rotatable bonds is 8. The summed E-state index contributed by atoms with van der Waals surface area (Å²) in [7, 11) is 2.13. The minimum Gasteiger partial charge on any atom is -0.377 e. The summed E-state index contributed by atoms with van der Waals surface area (Å²) in [6.07, 6.45) is 0.345. The van der Waals surface area contributed by atoms with Crippen LogP contribution < -0.4 is 5.32 Å². The molecule has 0 radical (unpaired) electrons. The molecule has 14 heavy (non-hydrogen) atoms. The lowest BCUT2D eigenvalue weighted by Gasteiger charge is -2.18. The predicted molar refractivity (Wildman–Crippen MR) is 61.7 cm³/mol. The van der Waals surface area contributed by atoms with Crippen molar-refractivity contribution < 1.29 is 4.74 Å². The van der Waals surface area contributed by atoms with Gasteiger partial charge in [-0.3, -0.25) is 0 Å². The van der Waals surface area contributed by atoms with E-state index in [0.29, 0.717) is 12.1 Å². The largest absolute Gasteiger partial charge is 0.377 e. The number of nitrogens with zero attached hydrogens (tertiary/aromatic N) is 1. The summed E-state index contributed by atoms with van der Waals surface area (Å²) in [6, 6.07) is 0.579. The Morgan fingerprint density at radius 1 is 1.14 bits per heavy atom. The van der Waals surface area contributed by atoms with Crippen molar-refractivity contribution in [1.82, 2.24) is 10.2 Å². The molecule has 3 nitrogen and oxygen atoms in total. The molecule has 0 amide bonds. The molecule has 0 fully saturated rings. The molecule has 0 bridgehead atoms. The minimum absolute atomic E-state index is 0.345. The zero-order valence-corrected chi connectivity index (χ0v) is 10.3. The summed E-state index contributed by atoms with van der Waals surface area (Å²) >= 11 is 0. The molecular formula is C11H26N2O. The highest BCUT2D eigenvalue weighted by Crippen LogP contribution is 1.89. The monoisotopic (exact) mass is 202 g/mol. The standard InChI is InChI=1S/C11H26N2O/c1-10(2)12-6-7-13(5)8-9-14-11(3)4/h10-12H,6-9H2,1-5H3. The topological polar surface area (TPSA) is 24.5 Å². The second-order valence-electron chi connectivity index (χ2n) is 4.33. The molecule has 0 aliphatic carbocycles. The van der Waals surface area contributed by atoms with E-state index >= 15 is 0 Å². The summed E-state index contributed by atoms with van der Waals surface area (Å²) in [5, 5.41) is 3.39. The average molecular weight is 202 g/mol. The van der Waals surface area contributed by atoms with Crippen molar-refractivity contribution in [2.45, 2.75) is 39.8 Å². The van der Waals surface area contributed by atoms with Crippen LogP contribution in [0.2, 0.25) is 0 Å². The van der Waals surface area contributed by atoms with Crippen LogP contribution in [0.25, 0.3) is 0 Å². The van der Waals surface area contributed by atoms with Crippen molar-refractivity contribution in [3.05, 3.63) is 0 Å². The van der Waals surface area contributed by atoms with Crippen LogP contribution in [0.4, 0.5) is 0 Å². The summed E-state index contributed by atoms with van der Waals surface area (Å²) < 4.78 is 5.48. The maximum absolute atomic E-state index is 5.48. The first-order valence-electron chi connectivity index (χ1n) is 5.56. The smallest absolute Gasteiger partial charge is 0.0596 e. The van der Waals surface area contributed by atoms with E-state index in [1.807, 2.05) is 0 Å². The highest BCUT2D eigenvalue weighted by Gasteiger charge is 1.99. The van der Waals surface area contributed by atoms with Gasteiger partial charge in [-0.15, -0.1) is 0 Å². The maximum Gasteiger partial charge on any atom is 0.0596 e. The van der Waals surface area contributed by atoms with Gasteiger partial charge in [0, 0.05) is 25.7 Å². The minimum atomic E-state index is 0.345. The number of nitrogens with one attached hydrogen (secondary N) is 1. The lowest BCUT2D eigenvalue weighted by Crippen LogP contribution is -2.34. The molecule has 0 saturated heterocycles. The van der Waals surface area contributed by atoms with Crippen molar-refractivity contribution in [2.24, 2.45) is 0 Å². The molecule has 0 unspecified atom stereocenters. The maximum atomic E-state index is 5.48. The molecule has 0 aromatic heterocycles. The van der Waals surface area contributed by atoms with E-state index in [1.165, 1.54) is 0 Å². The van der Waals surface area contributed by atoms with Crippen LogP contribution in [0.5, 0.6) is 0 Å². The number of likely N-dealkylation sites (N-methyl/N-ethyl adjacent to an activating group) is 1. The van der Waals surface area contributed by atoms with Crippen LogP contribution in [0.3, 0.4) is 0 Å². The third-order valence-corrected chi connectivity index (χ3v) is 1.97. The van der Waals surface area contributed by atoms with Gasteiger partial charge in [0.25, 0.3) is 0 Å². The predicted octanol–water partition coefficient (Wildman–Crippen LogP) is 1.34. The van der Waals surface area contributed by atoms with E-state index in [2.05, 4.69) is 45.0 Å². The fourth-order valence-corrected chi connectivity index (χ4v) is 1.10. The second kappa shape index (κ2) is 8.21. The number of ether oxygens (including phenoxy) is 1. The molecule has 1 N–H and O–H groups in total. The lowest BCUT2D eigenvalue weighted by atomic mass is 10.4. The van der Waals surface area contributed by atoms with E-state index in [4.69, 9.17) is 4.74 Å². The van der Waals surface area contributed by atoms with Crippen LogP contribution >= 0.6 is 0 Å². The average Bonchev–Trinajstić information content (AvgIpc) is 2.02. The Kier molecular flexibility index (Phi) is 8.14. The van der Waals surface area contributed by atoms with Gasteiger partial charge in [0.2, 0.25) is 0 Å². The van der Waals surface area contributed by atoms with Crippen LogP contribution in [-0.2, 0) is 4.74 Å². The van der Waals surface area contributed by atoms with Crippen molar-refractivity contribution >= 4 is 0 Å².